The van der Waals surface area contributed by atoms with Gasteiger partial charge in [0, 0.05) is 44.5 Å². The number of carbonyl (C=O) groups is 2. The minimum absolute atomic E-state index is 0.0244. The minimum atomic E-state index is -0.0244. The van der Waals surface area contributed by atoms with Crippen LogP contribution in [0.2, 0.25) is 0 Å². The van der Waals surface area contributed by atoms with Crippen LogP contribution in [0.1, 0.15) is 45.2 Å². The van der Waals surface area contributed by atoms with Gasteiger partial charge in [-0.15, -0.1) is 0 Å². The van der Waals surface area contributed by atoms with Crippen LogP contribution in [0, 0.1) is 13.8 Å². The monoisotopic (exact) mass is 385 g/mol. The molecule has 0 aromatic heterocycles. The van der Waals surface area contributed by atoms with Crippen LogP contribution in [-0.4, -0.2) is 25.9 Å². The molecule has 2 amide bonds. The average Bonchev–Trinajstić information content (AvgIpc) is 2.67. The largest absolute Gasteiger partial charge is 0.378 e. The van der Waals surface area contributed by atoms with E-state index in [-0.39, 0.29) is 11.8 Å². The maximum absolute atomic E-state index is 11.1. The van der Waals surface area contributed by atoms with E-state index in [1.54, 1.807) is 0 Å². The Morgan fingerprint density at radius 3 is 1.96 bits per heavy atom. The second-order valence-corrected chi connectivity index (χ2v) is 6.34. The number of anilines is 3. The molecule has 0 aliphatic rings. The number of amides is 2. The first-order valence-corrected chi connectivity index (χ1v) is 9.65. The number of hydrogen-bond acceptors (Lipinski definition) is 3. The third-order valence-electron chi connectivity index (χ3n) is 3.69. The predicted octanol–water partition coefficient (Wildman–Crippen LogP) is 5.39. The number of nitrogens with zero attached hydrogens (tertiary/aromatic N) is 1. The van der Waals surface area contributed by atoms with Gasteiger partial charge in [0.15, 0.2) is 0 Å². The second-order valence-electron chi connectivity index (χ2n) is 6.34. The van der Waals surface area contributed by atoms with E-state index in [0.29, 0.717) is 6.42 Å². The lowest BCUT2D eigenvalue weighted by Crippen LogP contribution is -2.10. The summed E-state index contributed by atoms with van der Waals surface area (Å²) in [5, 5.41) is 5.58. The van der Waals surface area contributed by atoms with Crippen LogP contribution in [-0.2, 0) is 9.59 Å². The van der Waals surface area contributed by atoms with E-state index in [4.69, 9.17) is 0 Å². The Hall–Kier alpha value is -2.82. The van der Waals surface area contributed by atoms with Gasteiger partial charge >= 0.3 is 0 Å². The minimum Gasteiger partial charge on any atom is -0.378 e. The Balaban J connectivity index is 0.000000483. The second kappa shape index (κ2) is 13.4. The molecular formula is C23H35N3O2. The van der Waals surface area contributed by atoms with E-state index in [2.05, 4.69) is 10.6 Å². The highest BCUT2D eigenvalue weighted by molar-refractivity contribution is 5.90. The lowest BCUT2D eigenvalue weighted by Gasteiger charge is -2.12. The highest BCUT2D eigenvalue weighted by atomic mass is 16.2. The van der Waals surface area contributed by atoms with Crippen molar-refractivity contribution in [2.75, 3.05) is 29.6 Å². The van der Waals surface area contributed by atoms with Gasteiger partial charge in [0.2, 0.25) is 11.8 Å². The van der Waals surface area contributed by atoms with Gasteiger partial charge in [0.05, 0.1) is 0 Å². The van der Waals surface area contributed by atoms with Crippen LogP contribution in [0.3, 0.4) is 0 Å². The summed E-state index contributed by atoms with van der Waals surface area (Å²) in [6.45, 7) is 11.3. The molecule has 0 saturated carbocycles. The van der Waals surface area contributed by atoms with Crippen LogP contribution in [0.25, 0.3) is 0 Å². The first kappa shape index (κ1) is 25.2. The maximum atomic E-state index is 11.1. The molecule has 0 radical (unpaired) electrons. The molecule has 0 bridgehead atoms. The lowest BCUT2D eigenvalue weighted by atomic mass is 10.1. The van der Waals surface area contributed by atoms with E-state index in [1.165, 1.54) is 6.92 Å². The molecular weight excluding hydrogens is 350 g/mol. The van der Waals surface area contributed by atoms with E-state index >= 15 is 0 Å². The van der Waals surface area contributed by atoms with E-state index in [0.717, 1.165) is 28.2 Å². The van der Waals surface area contributed by atoms with Crippen molar-refractivity contribution in [3.8, 4) is 0 Å². The molecule has 28 heavy (non-hydrogen) atoms. The molecule has 0 heterocycles. The van der Waals surface area contributed by atoms with Crippen molar-refractivity contribution in [3.05, 3.63) is 53.6 Å². The predicted molar refractivity (Wildman–Crippen MR) is 121 cm³/mol. The fraction of sp³-hybridized carbons (Fsp3) is 0.391. The highest BCUT2D eigenvalue weighted by Gasteiger charge is 2.00. The van der Waals surface area contributed by atoms with E-state index in [1.807, 2.05) is 96.1 Å². The van der Waals surface area contributed by atoms with Gasteiger partial charge in [-0.2, -0.15) is 0 Å². The summed E-state index contributed by atoms with van der Waals surface area (Å²) in [7, 11) is 3.97. The zero-order valence-corrected chi connectivity index (χ0v) is 18.5. The summed E-state index contributed by atoms with van der Waals surface area (Å²) in [6, 6.07) is 13.8. The quantitative estimate of drug-likeness (QED) is 0.742. The summed E-state index contributed by atoms with van der Waals surface area (Å²) >= 11 is 0. The van der Waals surface area contributed by atoms with Crippen LogP contribution in [0.4, 0.5) is 17.1 Å². The lowest BCUT2D eigenvalue weighted by molar-refractivity contribution is -0.116. The number of aryl methyl sites for hydroxylation is 2. The molecule has 0 saturated heterocycles. The Morgan fingerprint density at radius 2 is 1.50 bits per heavy atom. The average molecular weight is 386 g/mol. The first-order valence-electron chi connectivity index (χ1n) is 9.65. The summed E-state index contributed by atoms with van der Waals surface area (Å²) in [6.07, 6.45) is 0.509. The van der Waals surface area contributed by atoms with Gasteiger partial charge in [0.1, 0.15) is 0 Å². The topological polar surface area (TPSA) is 61.4 Å². The molecule has 0 aliphatic heterocycles. The van der Waals surface area contributed by atoms with Crippen LogP contribution < -0.4 is 15.5 Å². The summed E-state index contributed by atoms with van der Waals surface area (Å²) < 4.78 is 0. The molecule has 0 aliphatic carbocycles. The molecule has 0 fully saturated rings. The number of nitrogens with one attached hydrogen (secondary N) is 2. The Morgan fingerprint density at radius 1 is 0.929 bits per heavy atom. The third-order valence-corrected chi connectivity index (χ3v) is 3.69. The summed E-state index contributed by atoms with van der Waals surface area (Å²) in [4.78, 5) is 23.9. The summed E-state index contributed by atoms with van der Waals surface area (Å²) in [5.74, 6) is 0.0197. The van der Waals surface area contributed by atoms with Crippen molar-refractivity contribution >= 4 is 28.9 Å². The van der Waals surface area contributed by atoms with Crippen molar-refractivity contribution < 1.29 is 9.59 Å². The number of hydrogen-bond donors (Lipinski definition) is 2. The van der Waals surface area contributed by atoms with Gasteiger partial charge < -0.3 is 15.5 Å². The van der Waals surface area contributed by atoms with Gasteiger partial charge in [-0.25, -0.2) is 0 Å². The first-order chi connectivity index (χ1) is 13.2. The summed E-state index contributed by atoms with van der Waals surface area (Å²) in [5.41, 5.74) is 5.13. The standard InChI is InChI=1S/C11H16N2O.C10H13NO.C2H6/c1-4-11(14)12-9-5-7-10(8-6-9)13(2)3;1-7-4-5-8(2)10(6-7)11-9(3)12;1-2/h5-8H,4H2,1-3H3,(H,12,14);4-6H,1-3H3,(H,11,12);1-2H3. The van der Waals surface area contributed by atoms with Crippen molar-refractivity contribution in [1.82, 2.24) is 0 Å². The molecule has 154 valence electrons. The zero-order valence-electron chi connectivity index (χ0n) is 18.5. The van der Waals surface area contributed by atoms with Crippen LogP contribution in [0.5, 0.6) is 0 Å². The van der Waals surface area contributed by atoms with E-state index in [9.17, 15) is 9.59 Å². The molecule has 2 aromatic rings. The maximum Gasteiger partial charge on any atom is 0.224 e. The van der Waals surface area contributed by atoms with Crippen LogP contribution >= 0.6 is 0 Å². The zero-order chi connectivity index (χ0) is 21.7. The SMILES string of the molecule is CC.CC(=O)Nc1cc(C)ccc1C.CCC(=O)Nc1ccc(N(C)C)cc1. The molecule has 0 atom stereocenters. The Bertz CT molecular complexity index is 738. The number of carbonyl (C=O) groups excluding carboxylic acids is 2. The van der Waals surface area contributed by atoms with Gasteiger partial charge in [-0.1, -0.05) is 32.9 Å². The molecule has 0 spiro atoms. The Kier molecular flexibility index (Phi) is 12.0. The molecule has 5 nitrogen and oxygen atoms in total. The fourth-order valence-electron chi connectivity index (χ4n) is 2.15. The molecule has 2 aromatic carbocycles. The highest BCUT2D eigenvalue weighted by Crippen LogP contribution is 2.16. The number of benzene rings is 2. The number of rotatable bonds is 4. The van der Waals surface area contributed by atoms with Crippen molar-refractivity contribution in [2.45, 2.75) is 48.0 Å². The third kappa shape index (κ3) is 9.76. The molecule has 2 rings (SSSR count). The van der Waals surface area contributed by atoms with Crippen molar-refractivity contribution in [3.63, 3.8) is 0 Å². The Labute approximate surface area is 170 Å². The molecule has 2 N–H and O–H groups in total. The van der Waals surface area contributed by atoms with Gasteiger partial charge in [-0.3, -0.25) is 9.59 Å². The molecule has 5 heteroatoms. The fourth-order valence-corrected chi connectivity index (χ4v) is 2.15. The van der Waals surface area contributed by atoms with Crippen molar-refractivity contribution in [1.29, 1.82) is 0 Å². The molecule has 0 unspecified atom stereocenters. The van der Waals surface area contributed by atoms with Crippen molar-refractivity contribution in [2.24, 2.45) is 0 Å². The van der Waals surface area contributed by atoms with Crippen LogP contribution in [0.15, 0.2) is 42.5 Å². The normalized spacial score (nSPS) is 9.14. The van der Waals surface area contributed by atoms with Gasteiger partial charge in [-0.05, 0) is 55.3 Å². The van der Waals surface area contributed by atoms with E-state index < -0.39 is 0 Å². The smallest absolute Gasteiger partial charge is 0.224 e. The van der Waals surface area contributed by atoms with Gasteiger partial charge in [0.25, 0.3) is 0 Å².